The second-order valence-electron chi connectivity index (χ2n) is 9.82. The van der Waals surface area contributed by atoms with E-state index in [-0.39, 0.29) is 11.2 Å². The number of ether oxygens (including phenoxy) is 1. The van der Waals surface area contributed by atoms with Crippen molar-refractivity contribution in [2.45, 2.75) is 51.9 Å². The molecule has 3 aliphatic rings. The Morgan fingerprint density at radius 3 is 2.61 bits per heavy atom. The van der Waals surface area contributed by atoms with Crippen molar-refractivity contribution in [1.29, 1.82) is 0 Å². The number of Topliss-reactive ketones (excluding diaryl/α,β-unsaturated/α-hetero) is 2. The van der Waals surface area contributed by atoms with E-state index in [9.17, 15) is 9.59 Å². The summed E-state index contributed by atoms with van der Waals surface area (Å²) in [4.78, 5) is 25.1. The van der Waals surface area contributed by atoms with Crippen molar-refractivity contribution in [1.82, 2.24) is 0 Å². The first-order chi connectivity index (χ1) is 14.9. The fourth-order valence-electron chi connectivity index (χ4n) is 6.50. The van der Waals surface area contributed by atoms with Crippen LogP contribution in [-0.2, 0) is 11.2 Å². The second kappa shape index (κ2) is 7.47. The molecule has 0 aromatic heterocycles. The summed E-state index contributed by atoms with van der Waals surface area (Å²) in [5.74, 6) is 2.87. The Morgan fingerprint density at radius 2 is 1.90 bits per heavy atom. The van der Waals surface area contributed by atoms with Crippen LogP contribution in [0.25, 0.3) is 6.08 Å². The molecule has 160 valence electrons. The standard InChI is InChI=1S/C28H30O3/c1-17(29)19-6-4-18(5-7-19)14-21-16-26-25-10-8-20-15-22(31-3)9-11-23(20)24(25)12-13-28(26,2)27(21)30/h4-7,9,11,14-15,24-26H,8,10,12-13,16H2,1-3H3/b21-14+/t24-,25-,26+,28+/m1/s1. The number of benzene rings is 2. The summed E-state index contributed by atoms with van der Waals surface area (Å²) >= 11 is 0. The highest BCUT2D eigenvalue weighted by Crippen LogP contribution is 2.60. The molecule has 0 N–H and O–H groups in total. The molecule has 0 aliphatic heterocycles. The number of hydrogen-bond acceptors (Lipinski definition) is 3. The highest BCUT2D eigenvalue weighted by Gasteiger charge is 2.56. The number of ketones is 2. The SMILES string of the molecule is COc1ccc2c(c1)CC[C@@H]1[C@@H]2CC[C@]2(C)C(=O)/C(=C/c3ccc(C(C)=O)cc3)C[C@@H]12. The summed E-state index contributed by atoms with van der Waals surface area (Å²) in [5, 5.41) is 0. The molecule has 3 heteroatoms. The lowest BCUT2D eigenvalue weighted by atomic mass is 9.55. The fraction of sp³-hybridized carbons (Fsp3) is 0.429. The van der Waals surface area contributed by atoms with E-state index >= 15 is 0 Å². The molecule has 5 rings (SSSR count). The van der Waals surface area contributed by atoms with E-state index in [4.69, 9.17) is 4.74 Å². The molecule has 0 amide bonds. The molecule has 3 aliphatic carbocycles. The lowest BCUT2D eigenvalue weighted by Gasteiger charge is -2.48. The van der Waals surface area contributed by atoms with E-state index in [1.165, 1.54) is 11.1 Å². The summed E-state index contributed by atoms with van der Waals surface area (Å²) in [7, 11) is 1.73. The van der Waals surface area contributed by atoms with Crippen LogP contribution in [0.4, 0.5) is 0 Å². The summed E-state index contributed by atoms with van der Waals surface area (Å²) in [6, 6.07) is 14.2. The highest BCUT2D eigenvalue weighted by molar-refractivity contribution is 6.06. The van der Waals surface area contributed by atoms with Gasteiger partial charge < -0.3 is 4.74 Å². The Balaban J connectivity index is 1.44. The zero-order chi connectivity index (χ0) is 21.8. The van der Waals surface area contributed by atoms with Crippen molar-refractivity contribution < 1.29 is 14.3 Å². The average molecular weight is 415 g/mol. The van der Waals surface area contributed by atoms with Gasteiger partial charge in [0.05, 0.1) is 7.11 Å². The number of aryl methyl sites for hydroxylation is 1. The number of hydrogen-bond donors (Lipinski definition) is 0. The van der Waals surface area contributed by atoms with Gasteiger partial charge in [-0.1, -0.05) is 37.3 Å². The van der Waals surface area contributed by atoms with Crippen LogP contribution in [0.3, 0.4) is 0 Å². The smallest absolute Gasteiger partial charge is 0.165 e. The summed E-state index contributed by atoms with van der Waals surface area (Å²) < 4.78 is 5.44. The quantitative estimate of drug-likeness (QED) is 0.456. The van der Waals surface area contributed by atoms with Crippen LogP contribution in [0.15, 0.2) is 48.0 Å². The number of carbonyl (C=O) groups excluding carboxylic acids is 2. The zero-order valence-electron chi connectivity index (χ0n) is 18.6. The van der Waals surface area contributed by atoms with Gasteiger partial charge in [0.2, 0.25) is 0 Å². The topological polar surface area (TPSA) is 43.4 Å². The minimum atomic E-state index is -0.240. The largest absolute Gasteiger partial charge is 0.497 e. The summed E-state index contributed by atoms with van der Waals surface area (Å²) in [5.41, 5.74) is 5.34. The van der Waals surface area contributed by atoms with Gasteiger partial charge >= 0.3 is 0 Å². The molecule has 0 saturated heterocycles. The minimum absolute atomic E-state index is 0.0657. The predicted molar refractivity (Wildman–Crippen MR) is 122 cm³/mol. The molecule has 3 nitrogen and oxygen atoms in total. The van der Waals surface area contributed by atoms with Crippen molar-refractivity contribution >= 4 is 17.6 Å². The van der Waals surface area contributed by atoms with Crippen molar-refractivity contribution in [3.63, 3.8) is 0 Å². The number of allylic oxidation sites excluding steroid dienone is 1. The Morgan fingerprint density at radius 1 is 1.13 bits per heavy atom. The summed E-state index contributed by atoms with van der Waals surface area (Å²) in [6.45, 7) is 3.79. The van der Waals surface area contributed by atoms with Crippen LogP contribution >= 0.6 is 0 Å². The van der Waals surface area contributed by atoms with Crippen LogP contribution in [-0.4, -0.2) is 18.7 Å². The van der Waals surface area contributed by atoms with Crippen LogP contribution < -0.4 is 4.74 Å². The lowest BCUT2D eigenvalue weighted by Crippen LogP contribution is -2.42. The van der Waals surface area contributed by atoms with E-state index in [1.54, 1.807) is 14.0 Å². The van der Waals surface area contributed by atoms with Crippen LogP contribution in [0, 0.1) is 17.3 Å². The van der Waals surface area contributed by atoms with Crippen molar-refractivity contribution in [2.75, 3.05) is 7.11 Å². The van der Waals surface area contributed by atoms with E-state index in [0.29, 0.717) is 29.1 Å². The third kappa shape index (κ3) is 3.26. The van der Waals surface area contributed by atoms with Gasteiger partial charge in [0.25, 0.3) is 0 Å². The van der Waals surface area contributed by atoms with Gasteiger partial charge in [-0.2, -0.15) is 0 Å². The molecular weight excluding hydrogens is 384 g/mol. The molecule has 2 aromatic carbocycles. The number of carbonyl (C=O) groups is 2. The molecular formula is C28H30O3. The third-order valence-corrected chi connectivity index (χ3v) is 8.23. The van der Waals surface area contributed by atoms with Gasteiger partial charge in [0, 0.05) is 11.0 Å². The number of rotatable bonds is 3. The van der Waals surface area contributed by atoms with E-state index in [0.717, 1.165) is 49.0 Å². The van der Waals surface area contributed by atoms with Gasteiger partial charge in [-0.15, -0.1) is 0 Å². The molecule has 0 spiro atoms. The summed E-state index contributed by atoms with van der Waals surface area (Å²) in [6.07, 6.45) is 7.20. The molecule has 2 fully saturated rings. The van der Waals surface area contributed by atoms with Gasteiger partial charge in [0.15, 0.2) is 11.6 Å². The van der Waals surface area contributed by atoms with Gasteiger partial charge in [0.1, 0.15) is 5.75 Å². The van der Waals surface area contributed by atoms with Crippen LogP contribution in [0.1, 0.15) is 72.5 Å². The number of fused-ring (bicyclic) bond motifs is 5. The molecule has 0 bridgehead atoms. The van der Waals surface area contributed by atoms with E-state index < -0.39 is 0 Å². The normalized spacial score (nSPS) is 30.5. The minimum Gasteiger partial charge on any atom is -0.497 e. The van der Waals surface area contributed by atoms with Crippen LogP contribution in [0.2, 0.25) is 0 Å². The molecule has 2 saturated carbocycles. The predicted octanol–water partition coefficient (Wildman–Crippen LogP) is 6.02. The van der Waals surface area contributed by atoms with Crippen molar-refractivity contribution in [2.24, 2.45) is 17.3 Å². The molecule has 0 radical (unpaired) electrons. The Labute approximate surface area is 184 Å². The van der Waals surface area contributed by atoms with Gasteiger partial charge in [-0.3, -0.25) is 9.59 Å². The van der Waals surface area contributed by atoms with Crippen LogP contribution in [0.5, 0.6) is 5.75 Å². The molecule has 0 unspecified atom stereocenters. The Bertz CT molecular complexity index is 1080. The van der Waals surface area contributed by atoms with Gasteiger partial charge in [-0.05, 0) is 97.3 Å². The van der Waals surface area contributed by atoms with Crippen molar-refractivity contribution in [3.05, 3.63) is 70.3 Å². The van der Waals surface area contributed by atoms with E-state index in [1.807, 2.05) is 24.3 Å². The fourth-order valence-corrected chi connectivity index (χ4v) is 6.50. The molecule has 0 heterocycles. The first-order valence-corrected chi connectivity index (χ1v) is 11.4. The van der Waals surface area contributed by atoms with Crippen molar-refractivity contribution in [3.8, 4) is 5.75 Å². The first-order valence-electron chi connectivity index (χ1n) is 11.4. The Hall–Kier alpha value is -2.68. The van der Waals surface area contributed by atoms with E-state index in [2.05, 4.69) is 31.2 Å². The lowest BCUT2D eigenvalue weighted by molar-refractivity contribution is -0.127. The van der Waals surface area contributed by atoms with Gasteiger partial charge in [-0.25, -0.2) is 0 Å². The Kier molecular flexibility index (Phi) is 4.88. The molecule has 2 aromatic rings. The monoisotopic (exact) mass is 414 g/mol. The maximum atomic E-state index is 13.5. The second-order valence-corrected chi connectivity index (χ2v) is 9.82. The zero-order valence-corrected chi connectivity index (χ0v) is 18.6. The molecule has 31 heavy (non-hydrogen) atoms. The third-order valence-electron chi connectivity index (χ3n) is 8.23. The number of methoxy groups -OCH3 is 1. The molecule has 4 atom stereocenters. The first kappa shape index (κ1) is 20.2. The average Bonchev–Trinajstić information content (AvgIpc) is 3.04. The highest BCUT2D eigenvalue weighted by atomic mass is 16.5. The maximum Gasteiger partial charge on any atom is 0.165 e. The maximum absolute atomic E-state index is 13.5.